The summed E-state index contributed by atoms with van der Waals surface area (Å²) in [6.07, 6.45) is 5.59. The summed E-state index contributed by atoms with van der Waals surface area (Å²) in [6.45, 7) is 0. The summed E-state index contributed by atoms with van der Waals surface area (Å²) in [7, 11) is 0. The van der Waals surface area contributed by atoms with Crippen LogP contribution in [0.15, 0.2) is 498 Å². The Morgan fingerprint density at radius 3 is 0.636 bits per heavy atom. The summed E-state index contributed by atoms with van der Waals surface area (Å²) in [5.74, 6) is 5.83. The van der Waals surface area contributed by atoms with E-state index in [1.54, 1.807) is 0 Å². The van der Waals surface area contributed by atoms with E-state index >= 15 is 0 Å². The van der Waals surface area contributed by atoms with Gasteiger partial charge < -0.3 is 0 Å². The monoisotopic (exact) mass is 1790 g/mol. The Morgan fingerprint density at radius 1 is 0.107 bits per heavy atom. The van der Waals surface area contributed by atoms with Crippen molar-refractivity contribution in [2.24, 2.45) is 0 Å². The number of aromatic nitrogens is 12. The molecular weight excluding hydrogens is 1710 g/mol. The van der Waals surface area contributed by atoms with Crippen LogP contribution in [0.4, 0.5) is 0 Å². The van der Waals surface area contributed by atoms with E-state index in [4.69, 9.17) is 54.8 Å². The highest BCUT2D eigenvalue weighted by molar-refractivity contribution is 6.17. The Morgan fingerprint density at radius 2 is 0.307 bits per heavy atom. The van der Waals surface area contributed by atoms with E-state index in [-0.39, 0.29) is 0 Å². The highest BCUT2D eigenvalue weighted by atomic mass is 15.1. The minimum absolute atomic E-state index is 0.635. The van der Waals surface area contributed by atoms with Gasteiger partial charge >= 0.3 is 0 Å². The van der Waals surface area contributed by atoms with Crippen molar-refractivity contribution < 1.29 is 0 Å². The van der Waals surface area contributed by atoms with Crippen LogP contribution < -0.4 is 0 Å². The van der Waals surface area contributed by atoms with Crippen molar-refractivity contribution in [3.8, 4) is 169 Å². The largest absolute Gasteiger partial charge is 0.256 e. The van der Waals surface area contributed by atoms with Crippen LogP contribution in [-0.4, -0.2) is 59.8 Å². The molecule has 6 heterocycles. The van der Waals surface area contributed by atoms with Crippen LogP contribution >= 0.6 is 0 Å². The predicted molar refractivity (Wildman–Crippen MR) is 574 cm³/mol. The van der Waals surface area contributed by atoms with Crippen molar-refractivity contribution in [1.29, 1.82) is 0 Å². The summed E-state index contributed by atoms with van der Waals surface area (Å²) in [5.41, 5.74) is 25.6. The highest BCUT2D eigenvalue weighted by Crippen LogP contribution is 2.45. The molecule has 0 aliphatic heterocycles. The first-order valence-corrected chi connectivity index (χ1v) is 46.8. The molecule has 6 aromatic heterocycles. The molecule has 0 unspecified atom stereocenters. The molecule has 0 aliphatic rings. The number of pyridine rings is 3. The zero-order valence-corrected chi connectivity index (χ0v) is 75.7. The molecule has 140 heavy (non-hydrogen) atoms. The van der Waals surface area contributed by atoms with Crippen LogP contribution in [0.3, 0.4) is 0 Å². The van der Waals surface area contributed by atoms with Crippen LogP contribution in [0.25, 0.3) is 256 Å². The Labute approximate surface area is 808 Å². The summed E-state index contributed by atoms with van der Waals surface area (Å²) in [6, 6.07) is 166. The Hall–Kier alpha value is -19.0. The van der Waals surface area contributed by atoms with Gasteiger partial charge in [-0.15, -0.1) is 0 Å². The third-order valence-electron chi connectivity index (χ3n) is 26.0. The first-order valence-electron chi connectivity index (χ1n) is 46.8. The topological polar surface area (TPSA) is 155 Å². The summed E-state index contributed by atoms with van der Waals surface area (Å²) in [5, 5.41) is 15.3. The number of hydrogen-bond acceptors (Lipinski definition) is 12. The van der Waals surface area contributed by atoms with Crippen molar-refractivity contribution in [2.45, 2.75) is 0 Å². The van der Waals surface area contributed by atoms with Gasteiger partial charge in [0.25, 0.3) is 0 Å². The van der Waals surface area contributed by atoms with Gasteiger partial charge in [0, 0.05) is 101 Å². The molecule has 20 aromatic carbocycles. The van der Waals surface area contributed by atoms with Gasteiger partial charge in [-0.3, -0.25) is 15.0 Å². The van der Waals surface area contributed by atoms with Gasteiger partial charge in [-0.05, 0) is 129 Å². The molecule has 0 N–H and O–H groups in total. The fourth-order valence-electron chi connectivity index (χ4n) is 19.1. The van der Waals surface area contributed by atoms with Gasteiger partial charge in [-0.25, -0.2) is 44.9 Å². The second-order valence-electron chi connectivity index (χ2n) is 34.5. The van der Waals surface area contributed by atoms with E-state index in [1.807, 2.05) is 195 Å². The lowest BCUT2D eigenvalue weighted by atomic mass is 9.89. The quantitative estimate of drug-likeness (QED) is 0.0897. The van der Waals surface area contributed by atoms with Gasteiger partial charge in [0.15, 0.2) is 52.4 Å². The summed E-state index contributed by atoms with van der Waals surface area (Å²) < 4.78 is 0. The van der Waals surface area contributed by atoms with Crippen LogP contribution in [0, 0.1) is 0 Å². The standard InChI is InChI=1S/C50H32N4.C44H28N4.C34H22N4/c1-3-11-33(12-4-1)34-20-24-38(25-21-34)49-52-48(37-13-5-2-6-14-37)53-50(54-49)39-26-22-35(23-27-39)40-30-31-44(42-17-8-7-16-41(40)42)43-18-9-19-46-45(43)29-28-36-15-10-32-51-47(36)46;1-3-11-31(12-4-1)42-46-43(32-13-5-2-6-14-32)48-44(47-42)33-22-20-29(21-23-33)34-26-27-38(36-17-8-7-16-35(34)36)37-18-9-19-40-39(37)25-24-30-15-10-28-45-41(30)40;1-3-10-24(11-4-1)32-36-33(25-12-5-2-6-13-25)38-34(37-32)27-15-7-14-26(22-27)28-17-8-18-30-29(28)20-19-23-16-9-21-35-31(23)30/h1-32H;1-28H;1-22H. The molecule has 12 nitrogen and oxygen atoms in total. The molecule has 0 bridgehead atoms. The van der Waals surface area contributed by atoms with E-state index in [2.05, 4.69) is 308 Å². The second-order valence-corrected chi connectivity index (χ2v) is 34.5. The van der Waals surface area contributed by atoms with Gasteiger partial charge in [0.05, 0.1) is 16.6 Å². The van der Waals surface area contributed by atoms with Crippen molar-refractivity contribution >= 4 is 86.6 Å². The Kier molecular flexibility index (Phi) is 22.5. The lowest BCUT2D eigenvalue weighted by Crippen LogP contribution is -2.00. The predicted octanol–water partition coefficient (Wildman–Crippen LogP) is 32.0. The zero-order chi connectivity index (χ0) is 93.0. The van der Waals surface area contributed by atoms with E-state index in [0.29, 0.717) is 52.4 Å². The third kappa shape index (κ3) is 16.7. The van der Waals surface area contributed by atoms with Crippen LogP contribution in [0.1, 0.15) is 0 Å². The Bertz CT molecular complexity index is 9020. The SMILES string of the molecule is c1ccc(-c2ccc(-c3nc(-c4ccccc4)nc(-c4ccc(-c5ccc(-c6cccc7c6ccc6cccnc67)c6ccccc56)cc4)n3)cc2)cc1.c1ccc(-c2nc(-c3ccccc3)nc(-c3ccc(-c4ccc(-c5cccc6c5ccc5cccnc56)c5ccccc45)cc3)n2)cc1.c1ccc(-c2nc(-c3ccccc3)nc(-c3cccc(-c4cccc5c4ccc4cccnc45)c3)n2)cc1. The first kappa shape index (κ1) is 84.0. The smallest absolute Gasteiger partial charge is 0.164 e. The number of fused-ring (bicyclic) bond motifs is 11. The van der Waals surface area contributed by atoms with Gasteiger partial charge in [0.2, 0.25) is 0 Å². The molecule has 0 saturated carbocycles. The number of hydrogen-bond donors (Lipinski definition) is 0. The molecule has 0 saturated heterocycles. The van der Waals surface area contributed by atoms with Crippen LogP contribution in [0.2, 0.25) is 0 Å². The highest BCUT2D eigenvalue weighted by Gasteiger charge is 2.22. The molecule has 0 aliphatic carbocycles. The second kappa shape index (κ2) is 37.4. The maximum Gasteiger partial charge on any atom is 0.164 e. The lowest BCUT2D eigenvalue weighted by Gasteiger charge is -2.15. The maximum atomic E-state index is 5.02. The molecule has 0 atom stereocenters. The fraction of sp³-hybridized carbons (Fsp3) is 0. The number of benzene rings is 20. The van der Waals surface area contributed by atoms with Gasteiger partial charge in [-0.2, -0.15) is 0 Å². The minimum Gasteiger partial charge on any atom is -0.256 e. The molecule has 26 aromatic rings. The van der Waals surface area contributed by atoms with E-state index < -0.39 is 0 Å². The van der Waals surface area contributed by atoms with E-state index in [1.165, 1.54) is 82.0 Å². The third-order valence-corrected chi connectivity index (χ3v) is 26.0. The average molecular weight is 1790 g/mol. The lowest BCUT2D eigenvalue weighted by molar-refractivity contribution is 1.07. The molecular formula is C128H82N12. The first-order chi connectivity index (χ1) is 69.4. The molecule has 0 radical (unpaired) electrons. The minimum atomic E-state index is 0.635. The normalized spacial score (nSPS) is 11.3. The van der Waals surface area contributed by atoms with Gasteiger partial charge in [-0.1, -0.05) is 455 Å². The molecule has 26 rings (SSSR count). The van der Waals surface area contributed by atoms with Crippen molar-refractivity contribution in [1.82, 2.24) is 59.8 Å². The number of rotatable bonds is 15. The molecule has 0 amide bonds. The van der Waals surface area contributed by atoms with Crippen LogP contribution in [-0.2, 0) is 0 Å². The fourth-order valence-corrected chi connectivity index (χ4v) is 19.1. The van der Waals surface area contributed by atoms with Crippen molar-refractivity contribution in [3.63, 3.8) is 0 Å². The molecule has 0 fully saturated rings. The zero-order valence-electron chi connectivity index (χ0n) is 75.7. The summed E-state index contributed by atoms with van der Waals surface area (Å²) in [4.78, 5) is 58.3. The molecule has 0 spiro atoms. The van der Waals surface area contributed by atoms with Crippen LogP contribution in [0.5, 0.6) is 0 Å². The molecule has 12 heteroatoms. The van der Waals surface area contributed by atoms with Crippen molar-refractivity contribution in [2.75, 3.05) is 0 Å². The van der Waals surface area contributed by atoms with E-state index in [9.17, 15) is 0 Å². The average Bonchev–Trinajstić information content (AvgIpc) is 0.755. The Balaban J connectivity index is 0.000000116. The van der Waals surface area contributed by atoms with E-state index in [0.717, 1.165) is 121 Å². The maximum absolute atomic E-state index is 5.02. The molecule has 654 valence electrons. The summed E-state index contributed by atoms with van der Waals surface area (Å²) >= 11 is 0. The number of nitrogens with zero attached hydrogens (tertiary/aromatic N) is 12. The van der Waals surface area contributed by atoms with Crippen molar-refractivity contribution in [3.05, 3.63) is 498 Å². The van der Waals surface area contributed by atoms with Gasteiger partial charge in [0.1, 0.15) is 0 Å².